The number of amides is 1. The molecule has 0 aliphatic carbocycles. The summed E-state index contributed by atoms with van der Waals surface area (Å²) in [6.07, 6.45) is 2.43. The summed E-state index contributed by atoms with van der Waals surface area (Å²) >= 11 is 7.64. The number of rotatable bonds is 7. The van der Waals surface area contributed by atoms with E-state index in [-0.39, 0.29) is 18.2 Å². The fourth-order valence-electron chi connectivity index (χ4n) is 2.11. The molecule has 0 bridgehead atoms. The van der Waals surface area contributed by atoms with Gasteiger partial charge in [-0.2, -0.15) is 0 Å². The Kier molecular flexibility index (Phi) is 6.79. The number of thiocarbonyl (C=S) groups is 1. The van der Waals surface area contributed by atoms with Crippen LogP contribution in [0, 0.1) is 10.1 Å². The van der Waals surface area contributed by atoms with Gasteiger partial charge in [-0.15, -0.1) is 11.8 Å². The van der Waals surface area contributed by atoms with E-state index in [1.807, 2.05) is 6.92 Å². The Hall–Kier alpha value is -1.42. The number of thioether (sulfide) groups is 2. The number of aliphatic hydroxyl groups excluding tert-OH is 1. The Labute approximate surface area is 153 Å². The molecule has 9 heteroatoms. The van der Waals surface area contributed by atoms with Crippen molar-refractivity contribution < 1.29 is 14.8 Å². The Morgan fingerprint density at radius 2 is 2.25 bits per heavy atom. The lowest BCUT2D eigenvalue weighted by Crippen LogP contribution is -2.28. The van der Waals surface area contributed by atoms with Crippen molar-refractivity contribution >= 4 is 57.7 Å². The van der Waals surface area contributed by atoms with E-state index in [1.54, 1.807) is 23.1 Å². The average molecular weight is 385 g/mol. The maximum absolute atomic E-state index is 12.3. The predicted octanol–water partition coefficient (Wildman–Crippen LogP) is 3.29. The highest BCUT2D eigenvalue weighted by molar-refractivity contribution is 8.26. The highest BCUT2D eigenvalue weighted by Gasteiger charge is 2.31. The van der Waals surface area contributed by atoms with Crippen LogP contribution in [-0.4, -0.2) is 44.1 Å². The van der Waals surface area contributed by atoms with Crippen LogP contribution in [0.2, 0.25) is 0 Å². The van der Waals surface area contributed by atoms with E-state index in [2.05, 4.69) is 0 Å². The fourth-order valence-corrected chi connectivity index (χ4v) is 4.18. The normalized spacial score (nSPS) is 16.2. The second kappa shape index (κ2) is 8.61. The molecule has 2 rings (SSSR count). The van der Waals surface area contributed by atoms with Gasteiger partial charge >= 0.3 is 0 Å². The summed E-state index contributed by atoms with van der Waals surface area (Å²) in [4.78, 5) is 25.6. The molecule has 1 fully saturated rings. The Morgan fingerprint density at radius 3 is 2.88 bits per heavy atom. The minimum absolute atomic E-state index is 0.0359. The van der Waals surface area contributed by atoms with E-state index in [1.165, 1.54) is 29.6 Å². The molecule has 1 heterocycles. The lowest BCUT2D eigenvalue weighted by Gasteiger charge is -2.11. The number of hydrogen-bond donors (Lipinski definition) is 1. The third kappa shape index (κ3) is 4.35. The minimum Gasteiger partial charge on any atom is -0.396 e. The number of hydrogen-bond acceptors (Lipinski definition) is 7. The van der Waals surface area contributed by atoms with E-state index in [0.717, 1.165) is 6.42 Å². The molecule has 1 aromatic rings. The van der Waals surface area contributed by atoms with Crippen molar-refractivity contribution in [2.75, 3.05) is 18.9 Å². The first-order valence-corrected chi connectivity index (χ1v) is 9.46. The zero-order chi connectivity index (χ0) is 17.7. The molecular formula is C15H16N2O4S3. The minimum atomic E-state index is -0.459. The smallest absolute Gasteiger partial charge is 0.283 e. The first-order chi connectivity index (χ1) is 11.5. The van der Waals surface area contributed by atoms with E-state index in [0.29, 0.717) is 32.0 Å². The SMILES string of the molecule is CCCN1C(=O)C(=Cc2ccc(SCCO)c([N+](=O)[O-])c2)SC1=S. The highest BCUT2D eigenvalue weighted by atomic mass is 32.2. The monoisotopic (exact) mass is 384 g/mol. The summed E-state index contributed by atoms with van der Waals surface area (Å²) < 4.78 is 0.512. The van der Waals surface area contributed by atoms with E-state index in [4.69, 9.17) is 17.3 Å². The number of benzene rings is 1. The molecule has 0 radical (unpaired) electrons. The number of nitro benzene ring substituents is 1. The van der Waals surface area contributed by atoms with Gasteiger partial charge in [0.05, 0.1) is 21.3 Å². The number of carbonyl (C=O) groups is 1. The number of carbonyl (C=O) groups excluding carboxylic acids is 1. The van der Waals surface area contributed by atoms with E-state index < -0.39 is 4.92 Å². The second-order valence-corrected chi connectivity index (χ2v) is 7.70. The molecule has 1 aromatic carbocycles. The molecule has 0 spiro atoms. The molecule has 0 unspecified atom stereocenters. The van der Waals surface area contributed by atoms with Gasteiger partial charge in [0.15, 0.2) is 0 Å². The van der Waals surface area contributed by atoms with Crippen molar-refractivity contribution in [3.63, 3.8) is 0 Å². The van der Waals surface area contributed by atoms with Crippen LogP contribution in [0.3, 0.4) is 0 Å². The lowest BCUT2D eigenvalue weighted by molar-refractivity contribution is -0.387. The zero-order valence-corrected chi connectivity index (χ0v) is 15.4. The predicted molar refractivity (Wildman–Crippen MR) is 101 cm³/mol. The zero-order valence-electron chi connectivity index (χ0n) is 12.9. The first kappa shape index (κ1) is 18.9. The molecule has 1 N–H and O–H groups in total. The summed E-state index contributed by atoms with van der Waals surface area (Å²) in [7, 11) is 0. The second-order valence-electron chi connectivity index (χ2n) is 4.89. The van der Waals surface area contributed by atoms with Crippen molar-refractivity contribution in [2.24, 2.45) is 0 Å². The van der Waals surface area contributed by atoms with Gasteiger partial charge in [0.25, 0.3) is 11.6 Å². The Bertz CT molecular complexity index is 706. The van der Waals surface area contributed by atoms with Crippen molar-refractivity contribution in [1.29, 1.82) is 0 Å². The van der Waals surface area contributed by atoms with Gasteiger partial charge in [0, 0.05) is 18.4 Å². The molecule has 128 valence electrons. The van der Waals surface area contributed by atoms with Crippen LogP contribution in [0.25, 0.3) is 6.08 Å². The largest absolute Gasteiger partial charge is 0.396 e. The number of nitro groups is 1. The molecule has 0 saturated carbocycles. The Balaban J connectivity index is 2.29. The highest BCUT2D eigenvalue weighted by Crippen LogP contribution is 2.35. The average Bonchev–Trinajstić information content (AvgIpc) is 2.81. The lowest BCUT2D eigenvalue weighted by atomic mass is 10.2. The number of aliphatic hydroxyl groups is 1. The van der Waals surface area contributed by atoms with Crippen molar-refractivity contribution in [2.45, 2.75) is 18.2 Å². The summed E-state index contributed by atoms with van der Waals surface area (Å²) in [5.41, 5.74) is 0.540. The maximum Gasteiger partial charge on any atom is 0.283 e. The number of nitrogens with zero attached hydrogens (tertiary/aromatic N) is 2. The molecule has 6 nitrogen and oxygen atoms in total. The molecular weight excluding hydrogens is 368 g/mol. The maximum atomic E-state index is 12.3. The van der Waals surface area contributed by atoms with Gasteiger partial charge in [-0.05, 0) is 24.1 Å². The van der Waals surface area contributed by atoms with Crippen molar-refractivity contribution in [3.05, 3.63) is 38.8 Å². The van der Waals surface area contributed by atoms with Gasteiger partial charge in [-0.25, -0.2) is 0 Å². The van der Waals surface area contributed by atoms with Gasteiger partial charge in [-0.3, -0.25) is 19.8 Å². The molecule has 24 heavy (non-hydrogen) atoms. The summed E-state index contributed by atoms with van der Waals surface area (Å²) in [5.74, 6) is 0.226. The summed E-state index contributed by atoms with van der Waals surface area (Å²) in [6.45, 7) is 2.48. The van der Waals surface area contributed by atoms with Gasteiger partial charge < -0.3 is 5.11 Å². The molecule has 1 saturated heterocycles. The topological polar surface area (TPSA) is 83.7 Å². The quantitative estimate of drug-likeness (QED) is 0.254. The molecule has 1 amide bonds. The van der Waals surface area contributed by atoms with Gasteiger partial charge in [0.2, 0.25) is 0 Å². The molecule has 1 aliphatic rings. The molecule has 1 aliphatic heterocycles. The van der Waals surface area contributed by atoms with Crippen LogP contribution >= 0.6 is 35.7 Å². The van der Waals surface area contributed by atoms with Gasteiger partial charge in [0.1, 0.15) is 4.32 Å². The molecule has 0 aromatic heterocycles. The summed E-state index contributed by atoms with van der Waals surface area (Å²) in [5, 5.41) is 20.1. The van der Waals surface area contributed by atoms with Crippen molar-refractivity contribution in [1.82, 2.24) is 4.90 Å². The van der Waals surface area contributed by atoms with Crippen LogP contribution in [-0.2, 0) is 4.79 Å². The first-order valence-electron chi connectivity index (χ1n) is 7.25. The molecule has 0 atom stereocenters. The third-order valence-corrected chi connectivity index (χ3v) is 5.57. The van der Waals surface area contributed by atoms with Crippen LogP contribution in [0.1, 0.15) is 18.9 Å². The van der Waals surface area contributed by atoms with E-state index in [9.17, 15) is 14.9 Å². The fraction of sp³-hybridized carbons (Fsp3) is 0.333. The van der Waals surface area contributed by atoms with Gasteiger partial charge in [-0.1, -0.05) is 37.0 Å². The van der Waals surface area contributed by atoms with Crippen LogP contribution in [0.5, 0.6) is 0 Å². The van der Waals surface area contributed by atoms with E-state index >= 15 is 0 Å². The van der Waals surface area contributed by atoms with Crippen LogP contribution in [0.15, 0.2) is 28.0 Å². The summed E-state index contributed by atoms with van der Waals surface area (Å²) in [6, 6.07) is 4.79. The standard InChI is InChI=1S/C15H16N2O4S3/c1-2-5-16-14(19)13(24-15(16)22)9-10-3-4-12(23-7-6-18)11(8-10)17(20)21/h3-4,8-9,18H,2,5-7H2,1H3. The van der Waals surface area contributed by atoms with Crippen LogP contribution < -0.4 is 0 Å². The van der Waals surface area contributed by atoms with Crippen molar-refractivity contribution in [3.8, 4) is 0 Å². The van der Waals surface area contributed by atoms with Crippen LogP contribution in [0.4, 0.5) is 5.69 Å². The third-order valence-electron chi connectivity index (χ3n) is 3.15. The Morgan fingerprint density at radius 1 is 1.50 bits per heavy atom.